The van der Waals surface area contributed by atoms with Gasteiger partial charge in [-0.3, -0.25) is 5.11 Å². The molecule has 0 heterocycles. The quantitative estimate of drug-likeness (QED) is 0.620. The molecule has 0 N–H and O–H groups in total. The van der Waals surface area contributed by atoms with Crippen molar-refractivity contribution in [2.24, 2.45) is 0 Å². The van der Waals surface area contributed by atoms with Crippen molar-refractivity contribution in [2.75, 3.05) is 0 Å². The summed E-state index contributed by atoms with van der Waals surface area (Å²) in [6.45, 7) is 0. The van der Waals surface area contributed by atoms with Gasteiger partial charge in [0.15, 0.2) is 4.90 Å². The summed E-state index contributed by atoms with van der Waals surface area (Å²) in [5, 5.41) is 10.5. The van der Waals surface area contributed by atoms with Crippen LogP contribution in [-0.2, 0) is 5.11 Å². The molecule has 1 nitrogen and oxygen atoms in total. The van der Waals surface area contributed by atoms with Crippen LogP contribution in [0, 0.1) is 0 Å². The second-order valence-electron chi connectivity index (χ2n) is 2.42. The van der Waals surface area contributed by atoms with Gasteiger partial charge < -0.3 is 0 Å². The molecule has 13 heavy (non-hydrogen) atoms. The van der Waals surface area contributed by atoms with Gasteiger partial charge in [-0.1, -0.05) is 31.6 Å². The van der Waals surface area contributed by atoms with Gasteiger partial charge in [-0.15, -0.1) is 0 Å². The van der Waals surface area contributed by atoms with Crippen LogP contribution >= 0.6 is 10.2 Å². The summed E-state index contributed by atoms with van der Waals surface area (Å²) >= 11 is 0. The summed E-state index contributed by atoms with van der Waals surface area (Å²) in [5.41, 5.74) is 0. The maximum absolute atomic E-state index is 12.0. The largest absolute Gasteiger partial charge is 0.314 e. The Morgan fingerprint density at radius 1 is 0.923 bits per heavy atom. The summed E-state index contributed by atoms with van der Waals surface area (Å²) < 4.78 is 60.0. The Hall–Kier alpha value is -0.980. The van der Waals surface area contributed by atoms with Crippen LogP contribution in [-0.4, -0.2) is 0 Å². The molecule has 0 aliphatic rings. The first kappa shape index (κ1) is 10.1. The van der Waals surface area contributed by atoms with Gasteiger partial charge in [0.25, 0.3) is 0 Å². The van der Waals surface area contributed by atoms with Crippen molar-refractivity contribution < 1.29 is 24.5 Å². The van der Waals surface area contributed by atoms with E-state index in [0.717, 1.165) is 12.1 Å². The summed E-state index contributed by atoms with van der Waals surface area (Å²) in [7, 11) is -9.79. The maximum Gasteiger partial charge on any atom is 0.314 e. The van der Waals surface area contributed by atoms with Crippen LogP contribution in [0.5, 0.6) is 5.75 Å². The third kappa shape index (κ3) is 2.24. The van der Waals surface area contributed by atoms with Gasteiger partial charge in [0.05, 0.1) is 0 Å². The molecule has 0 saturated carbocycles. The zero-order chi connectivity index (χ0) is 10.4. The molecule has 1 aromatic rings. The minimum absolute atomic E-state index is 0.0872. The van der Waals surface area contributed by atoms with Gasteiger partial charge >= 0.3 is 10.2 Å². The van der Waals surface area contributed by atoms with Crippen molar-refractivity contribution in [3.63, 3.8) is 0 Å². The Labute approximate surface area is 70.5 Å². The van der Waals surface area contributed by atoms with Crippen LogP contribution in [0.15, 0.2) is 29.2 Å². The van der Waals surface area contributed by atoms with Crippen LogP contribution in [0.3, 0.4) is 0 Å². The molecule has 0 amide bonds. The van der Waals surface area contributed by atoms with Crippen molar-refractivity contribution in [1.29, 1.82) is 0 Å². The normalized spacial score (nSPS) is 17.6. The van der Waals surface area contributed by atoms with Crippen molar-refractivity contribution in [3.05, 3.63) is 24.3 Å². The van der Waals surface area contributed by atoms with Gasteiger partial charge in [0.1, 0.15) is 0 Å². The Morgan fingerprint density at radius 3 is 1.69 bits per heavy atom. The molecule has 0 unspecified atom stereocenters. The Bertz CT molecular complexity index is 342. The predicted molar refractivity (Wildman–Crippen MR) is 38.0 cm³/mol. The predicted octanol–water partition coefficient (Wildman–Crippen LogP) is 4.49. The van der Waals surface area contributed by atoms with E-state index in [9.17, 15) is 24.5 Å². The number of rotatable bonds is 1. The Morgan fingerprint density at radius 2 is 1.38 bits per heavy atom. The first-order valence-electron chi connectivity index (χ1n) is 3.01. The molecule has 0 atom stereocenters. The molecule has 0 fully saturated rings. The fourth-order valence-electron chi connectivity index (χ4n) is 0.769. The van der Waals surface area contributed by atoms with Crippen molar-refractivity contribution in [2.45, 2.75) is 4.90 Å². The average Bonchev–Trinajstić information content (AvgIpc) is 1.82. The van der Waals surface area contributed by atoms with E-state index in [4.69, 9.17) is 0 Å². The monoisotopic (exact) mass is 219 g/mol. The third-order valence-corrected chi connectivity index (χ3v) is 2.43. The number of benzene rings is 1. The number of para-hydroxylation sites is 1. The molecule has 0 aliphatic heterocycles. The first-order chi connectivity index (χ1) is 5.50. The van der Waals surface area contributed by atoms with Crippen LogP contribution in [0.1, 0.15) is 0 Å². The summed E-state index contributed by atoms with van der Waals surface area (Å²) in [4.78, 5) is -2.36. The number of hydrogen-bond acceptors (Lipinski definition) is 0. The zero-order valence-electron chi connectivity index (χ0n) is 6.02. The highest BCUT2D eigenvalue weighted by molar-refractivity contribution is 8.45. The van der Waals surface area contributed by atoms with Crippen molar-refractivity contribution >= 4 is 10.2 Å². The van der Waals surface area contributed by atoms with Crippen LogP contribution < -0.4 is 0 Å². The van der Waals surface area contributed by atoms with E-state index in [1.54, 1.807) is 0 Å². The van der Waals surface area contributed by atoms with Gasteiger partial charge in [0.2, 0.25) is 5.75 Å². The summed E-state index contributed by atoms with van der Waals surface area (Å²) in [6, 6.07) is 2.25. The van der Waals surface area contributed by atoms with Crippen LogP contribution in [0.25, 0.3) is 0 Å². The summed E-state index contributed by atoms with van der Waals surface area (Å²) in [5.74, 6) is -1.71. The van der Waals surface area contributed by atoms with Gasteiger partial charge in [-0.05, 0) is 12.1 Å². The number of halogens is 5. The van der Waals surface area contributed by atoms with Crippen molar-refractivity contribution in [1.82, 2.24) is 0 Å². The molecule has 1 aromatic carbocycles. The molecule has 0 bridgehead atoms. The Kier molecular flexibility index (Phi) is 1.49. The topological polar surface area (TPSA) is 19.9 Å². The maximum atomic E-state index is 12.0. The fourth-order valence-corrected chi connectivity index (χ4v) is 1.55. The van der Waals surface area contributed by atoms with Crippen LogP contribution in [0.2, 0.25) is 0 Å². The van der Waals surface area contributed by atoms with E-state index < -0.39 is 20.9 Å². The third-order valence-electron chi connectivity index (χ3n) is 1.26. The average molecular weight is 219 g/mol. The highest BCUT2D eigenvalue weighted by Gasteiger charge is 2.67. The molecule has 0 saturated heterocycles. The molecule has 7 heteroatoms. The molecular formula is C6H4F5OS. The zero-order valence-corrected chi connectivity index (χ0v) is 6.83. The van der Waals surface area contributed by atoms with Crippen LogP contribution in [0.4, 0.5) is 19.4 Å². The summed E-state index contributed by atoms with van der Waals surface area (Å²) in [6.07, 6.45) is 0. The molecular weight excluding hydrogens is 215 g/mol. The van der Waals surface area contributed by atoms with E-state index >= 15 is 0 Å². The molecule has 1 rings (SSSR count). The number of hydrogen-bond donors (Lipinski definition) is 0. The van der Waals surface area contributed by atoms with Gasteiger partial charge in [-0.2, -0.15) is 0 Å². The van der Waals surface area contributed by atoms with E-state index in [0.29, 0.717) is 6.07 Å². The molecule has 0 aromatic heterocycles. The molecule has 0 spiro atoms. The highest BCUT2D eigenvalue weighted by atomic mass is 32.5. The van der Waals surface area contributed by atoms with Gasteiger partial charge in [-0.25, -0.2) is 0 Å². The van der Waals surface area contributed by atoms with Crippen molar-refractivity contribution in [3.8, 4) is 5.75 Å². The van der Waals surface area contributed by atoms with E-state index in [-0.39, 0.29) is 6.07 Å². The smallest absolute Gasteiger partial charge is 0.288 e. The lowest BCUT2D eigenvalue weighted by Gasteiger charge is -2.40. The van der Waals surface area contributed by atoms with E-state index in [1.165, 1.54) is 0 Å². The highest BCUT2D eigenvalue weighted by Crippen LogP contribution is 3.03. The Balaban J connectivity index is 3.50. The van der Waals surface area contributed by atoms with Gasteiger partial charge in [0, 0.05) is 0 Å². The lowest BCUT2D eigenvalue weighted by atomic mass is 10.3. The molecule has 0 aliphatic carbocycles. The minimum atomic E-state index is -9.79. The molecule has 75 valence electrons. The van der Waals surface area contributed by atoms with E-state index in [2.05, 4.69) is 0 Å². The second-order valence-corrected chi connectivity index (χ2v) is 4.79. The SMILES string of the molecule is [O]c1ccccc1S(F)(F)(F)(F)F. The lowest BCUT2D eigenvalue weighted by Crippen LogP contribution is -2.05. The molecule has 1 radical (unpaired) electrons. The first-order valence-corrected chi connectivity index (χ1v) is 4.96. The second kappa shape index (κ2) is 1.92. The fraction of sp³-hybridized carbons (Fsp3) is 0. The lowest BCUT2D eigenvalue weighted by molar-refractivity contribution is 0.317. The standard InChI is InChI=1S/C6H4F5OS/c7-13(8,9,10,11)6-4-2-1-3-5(6)12/h1-4H. The minimum Gasteiger partial charge on any atom is -0.288 e. The van der Waals surface area contributed by atoms with E-state index in [1.807, 2.05) is 0 Å².